The van der Waals surface area contributed by atoms with Crippen LogP contribution in [0.25, 0.3) is 0 Å². The van der Waals surface area contributed by atoms with Crippen LogP contribution in [0.4, 0.5) is 0 Å². The topological polar surface area (TPSA) is 237 Å². The first kappa shape index (κ1) is 96.1. The Labute approximate surface area is 600 Å². The fourth-order valence-electron chi connectivity index (χ4n) is 12.2. The van der Waals surface area contributed by atoms with Crippen LogP contribution in [0.2, 0.25) is 0 Å². The van der Waals surface area contributed by atoms with Gasteiger partial charge in [0.25, 0.3) is 0 Å². The lowest BCUT2D eigenvalue weighted by molar-refractivity contribution is -0.161. The Kier molecular flexibility index (Phi) is 69.3. The summed E-state index contributed by atoms with van der Waals surface area (Å²) in [7, 11) is -9.91. The lowest BCUT2D eigenvalue weighted by Gasteiger charge is -2.21. The second-order valence-electron chi connectivity index (χ2n) is 29.4. The third-order valence-electron chi connectivity index (χ3n) is 18.5. The summed E-state index contributed by atoms with van der Waals surface area (Å²) in [6.07, 6.45) is 59.5. The zero-order valence-electron chi connectivity index (χ0n) is 64.1. The molecule has 17 nitrogen and oxygen atoms in total. The largest absolute Gasteiger partial charge is 0.472 e. The van der Waals surface area contributed by atoms with Gasteiger partial charge in [-0.2, -0.15) is 0 Å². The van der Waals surface area contributed by atoms with Crippen molar-refractivity contribution >= 4 is 39.5 Å². The molecule has 0 aliphatic rings. The van der Waals surface area contributed by atoms with Crippen LogP contribution < -0.4 is 0 Å². The number of aliphatic hydroxyl groups is 1. The number of phosphoric acid groups is 2. The van der Waals surface area contributed by atoms with E-state index < -0.39 is 97.5 Å². The Morgan fingerprint density at radius 3 is 0.694 bits per heavy atom. The molecule has 0 aliphatic heterocycles. The normalized spacial score (nSPS) is 13.9. The van der Waals surface area contributed by atoms with Gasteiger partial charge in [0.15, 0.2) is 12.2 Å². The van der Waals surface area contributed by atoms with Gasteiger partial charge in [0.05, 0.1) is 26.4 Å². The van der Waals surface area contributed by atoms with E-state index in [9.17, 15) is 43.2 Å². The van der Waals surface area contributed by atoms with Crippen molar-refractivity contribution in [2.24, 2.45) is 11.8 Å². The molecular formula is C79H154O17P2. The number of hydrogen-bond donors (Lipinski definition) is 3. The van der Waals surface area contributed by atoms with Gasteiger partial charge in [-0.1, -0.05) is 363 Å². The molecule has 0 heterocycles. The summed E-state index contributed by atoms with van der Waals surface area (Å²) in [5.41, 5.74) is 0. The Hall–Kier alpha value is -1.94. The fourth-order valence-corrected chi connectivity index (χ4v) is 13.8. The number of carbonyl (C=O) groups excluding carboxylic acids is 4. The Balaban J connectivity index is 5.23. The van der Waals surface area contributed by atoms with Crippen molar-refractivity contribution in [2.75, 3.05) is 39.6 Å². The number of hydrogen-bond acceptors (Lipinski definition) is 15. The van der Waals surface area contributed by atoms with E-state index >= 15 is 0 Å². The minimum atomic E-state index is -4.96. The Morgan fingerprint density at radius 2 is 0.469 bits per heavy atom. The van der Waals surface area contributed by atoms with Crippen LogP contribution in [0.15, 0.2) is 0 Å². The van der Waals surface area contributed by atoms with Gasteiger partial charge in [0, 0.05) is 25.7 Å². The second kappa shape index (κ2) is 70.7. The quantitative estimate of drug-likeness (QED) is 0.0222. The first-order valence-electron chi connectivity index (χ1n) is 41.0. The average Bonchev–Trinajstić information content (AvgIpc) is 1.04. The van der Waals surface area contributed by atoms with Crippen LogP contribution in [-0.4, -0.2) is 96.7 Å². The number of unbranched alkanes of at least 4 members (excludes halogenated alkanes) is 48. The molecule has 0 bridgehead atoms. The highest BCUT2D eigenvalue weighted by atomic mass is 31.2. The number of phosphoric ester groups is 2. The van der Waals surface area contributed by atoms with E-state index in [-0.39, 0.29) is 25.7 Å². The highest BCUT2D eigenvalue weighted by Gasteiger charge is 2.30. The Bertz CT molecular complexity index is 1890. The molecule has 3 N–H and O–H groups in total. The predicted molar refractivity (Wildman–Crippen MR) is 400 cm³/mol. The highest BCUT2D eigenvalue weighted by Crippen LogP contribution is 2.45. The summed E-state index contributed by atoms with van der Waals surface area (Å²) >= 11 is 0. The molecule has 0 spiro atoms. The van der Waals surface area contributed by atoms with Crippen molar-refractivity contribution in [1.29, 1.82) is 0 Å². The maximum Gasteiger partial charge on any atom is 0.472 e. The molecule has 2 unspecified atom stereocenters. The van der Waals surface area contributed by atoms with Crippen LogP contribution in [0.1, 0.15) is 414 Å². The average molecular weight is 1440 g/mol. The van der Waals surface area contributed by atoms with E-state index in [0.717, 1.165) is 102 Å². The van der Waals surface area contributed by atoms with Crippen molar-refractivity contribution < 1.29 is 80.2 Å². The van der Waals surface area contributed by atoms with Crippen molar-refractivity contribution in [3.8, 4) is 0 Å². The molecule has 582 valence electrons. The molecule has 0 aromatic rings. The number of ether oxygens (including phenoxy) is 4. The molecule has 0 aliphatic carbocycles. The first-order valence-corrected chi connectivity index (χ1v) is 44.0. The SMILES string of the molecule is CCCCCCCCCCCCCCC(=O)O[C@H](COC(=O)CCCCCCCCCCCC)COP(=O)(O)OC[C@H](O)COP(=O)(O)OC[C@@H](COC(=O)CCCCCCCCCCCCCCCCC(C)C)OC(=O)CCCCCCCCCCCCCCCCCCC(C)C. The lowest BCUT2D eigenvalue weighted by Crippen LogP contribution is -2.30. The van der Waals surface area contributed by atoms with Gasteiger partial charge in [-0.15, -0.1) is 0 Å². The standard InChI is InChI=1S/C79H154O17P2/c1-7-9-11-13-15-17-19-32-39-45-51-57-63-78(83)95-74(67-89-76(81)61-55-49-43-37-18-16-14-12-10-8-2)69-93-97(85,86)91-65-73(80)66-92-98(87,88)94-70-75(68-90-77(82)62-56-50-44-38-33-28-25-24-27-31-36-42-48-54-60-72(5)6)96-79(84)64-58-52-46-40-34-29-23-21-20-22-26-30-35-41-47-53-59-71(3)4/h71-75,80H,7-70H2,1-6H3,(H,85,86)(H,87,88)/t73-,74+,75+/m0/s1. The summed E-state index contributed by atoms with van der Waals surface area (Å²) in [5.74, 6) is -0.501. The van der Waals surface area contributed by atoms with E-state index in [2.05, 4.69) is 41.5 Å². The van der Waals surface area contributed by atoms with E-state index in [1.807, 2.05) is 0 Å². The lowest BCUT2D eigenvalue weighted by atomic mass is 10.0. The molecule has 0 saturated carbocycles. The zero-order chi connectivity index (χ0) is 72.1. The Morgan fingerprint density at radius 1 is 0.276 bits per heavy atom. The summed E-state index contributed by atoms with van der Waals surface area (Å²) in [4.78, 5) is 72.9. The molecule has 0 rings (SSSR count). The van der Waals surface area contributed by atoms with Crippen LogP contribution in [0.3, 0.4) is 0 Å². The molecule has 0 saturated heterocycles. The van der Waals surface area contributed by atoms with E-state index in [4.69, 9.17) is 37.0 Å². The zero-order valence-corrected chi connectivity index (χ0v) is 65.9. The molecule has 5 atom stereocenters. The third kappa shape index (κ3) is 72.4. The molecule has 0 aromatic carbocycles. The van der Waals surface area contributed by atoms with E-state index in [0.29, 0.717) is 25.7 Å². The second-order valence-corrected chi connectivity index (χ2v) is 32.3. The van der Waals surface area contributed by atoms with Crippen LogP contribution >= 0.6 is 15.6 Å². The molecule has 0 fully saturated rings. The summed E-state index contributed by atoms with van der Waals surface area (Å²) < 4.78 is 68.6. The van der Waals surface area contributed by atoms with E-state index in [1.165, 1.54) is 231 Å². The highest BCUT2D eigenvalue weighted by molar-refractivity contribution is 7.47. The minimum absolute atomic E-state index is 0.108. The van der Waals surface area contributed by atoms with Crippen molar-refractivity contribution in [3.63, 3.8) is 0 Å². The van der Waals surface area contributed by atoms with Gasteiger partial charge >= 0.3 is 39.5 Å². The van der Waals surface area contributed by atoms with Gasteiger partial charge in [-0.05, 0) is 37.5 Å². The minimum Gasteiger partial charge on any atom is -0.462 e. The number of rotatable bonds is 78. The van der Waals surface area contributed by atoms with Crippen LogP contribution in [0.5, 0.6) is 0 Å². The smallest absolute Gasteiger partial charge is 0.462 e. The van der Waals surface area contributed by atoms with Gasteiger partial charge in [-0.25, -0.2) is 9.13 Å². The molecule has 0 radical (unpaired) electrons. The number of aliphatic hydroxyl groups excluding tert-OH is 1. The third-order valence-corrected chi connectivity index (χ3v) is 20.4. The van der Waals surface area contributed by atoms with Crippen molar-refractivity contribution in [1.82, 2.24) is 0 Å². The monoisotopic (exact) mass is 1440 g/mol. The van der Waals surface area contributed by atoms with Gasteiger partial charge in [0.2, 0.25) is 0 Å². The van der Waals surface area contributed by atoms with Crippen molar-refractivity contribution in [3.05, 3.63) is 0 Å². The van der Waals surface area contributed by atoms with Gasteiger partial charge in [0.1, 0.15) is 19.3 Å². The fraction of sp³-hybridized carbons (Fsp3) is 0.949. The maximum absolute atomic E-state index is 13.1. The number of esters is 4. The molecular weight excluding hydrogens is 1280 g/mol. The predicted octanol–water partition coefficient (Wildman–Crippen LogP) is 23.5. The van der Waals surface area contributed by atoms with Gasteiger partial charge < -0.3 is 33.8 Å². The summed E-state index contributed by atoms with van der Waals surface area (Å²) in [6, 6.07) is 0. The van der Waals surface area contributed by atoms with Crippen LogP contribution in [-0.2, 0) is 65.4 Å². The molecule has 0 amide bonds. The summed E-state index contributed by atoms with van der Waals surface area (Å²) in [5, 5.41) is 10.6. The molecule has 0 aromatic heterocycles. The van der Waals surface area contributed by atoms with Crippen LogP contribution in [0, 0.1) is 11.8 Å². The number of carbonyl (C=O) groups is 4. The molecule has 98 heavy (non-hydrogen) atoms. The first-order chi connectivity index (χ1) is 47.4. The summed E-state index contributed by atoms with van der Waals surface area (Å²) in [6.45, 7) is 9.67. The van der Waals surface area contributed by atoms with Gasteiger partial charge in [-0.3, -0.25) is 37.3 Å². The van der Waals surface area contributed by atoms with E-state index in [1.54, 1.807) is 0 Å². The molecule has 19 heteroatoms. The maximum atomic E-state index is 13.1. The van der Waals surface area contributed by atoms with Crippen molar-refractivity contribution in [2.45, 2.75) is 432 Å².